The van der Waals surface area contributed by atoms with E-state index < -0.39 is 0 Å². The van der Waals surface area contributed by atoms with E-state index in [1.165, 1.54) is 7.11 Å². The van der Waals surface area contributed by atoms with E-state index >= 15 is 0 Å². The van der Waals surface area contributed by atoms with Crippen LogP contribution in [0.1, 0.15) is 29.3 Å². The molecule has 1 aliphatic heterocycles. The van der Waals surface area contributed by atoms with E-state index in [0.29, 0.717) is 24.1 Å². The van der Waals surface area contributed by atoms with E-state index in [1.54, 1.807) is 6.07 Å². The van der Waals surface area contributed by atoms with Crippen LogP contribution in [0.5, 0.6) is 0 Å². The predicted molar refractivity (Wildman–Crippen MR) is 73.0 cm³/mol. The van der Waals surface area contributed by atoms with Gasteiger partial charge in [-0.1, -0.05) is 18.2 Å². The van der Waals surface area contributed by atoms with E-state index in [2.05, 4.69) is 12.2 Å². The molecule has 1 N–H and O–H groups in total. The van der Waals surface area contributed by atoms with E-state index in [4.69, 9.17) is 9.47 Å². The molecule has 0 radical (unpaired) electrons. The minimum atomic E-state index is -0.283. The van der Waals surface area contributed by atoms with Crippen molar-refractivity contribution in [2.75, 3.05) is 20.3 Å². The fourth-order valence-electron chi connectivity index (χ4n) is 2.37. The molecular formula is C15H21NO3. The lowest BCUT2D eigenvalue weighted by Gasteiger charge is -2.20. The smallest absolute Gasteiger partial charge is 0.338 e. The zero-order chi connectivity index (χ0) is 13.7. The quantitative estimate of drug-likeness (QED) is 0.825. The van der Waals surface area contributed by atoms with Gasteiger partial charge in [-0.05, 0) is 30.9 Å². The van der Waals surface area contributed by atoms with E-state index in [0.717, 1.165) is 25.2 Å². The summed E-state index contributed by atoms with van der Waals surface area (Å²) < 4.78 is 10.2. The zero-order valence-electron chi connectivity index (χ0n) is 11.5. The standard InChI is InChI=1S/C15H21NO3/c1-11(13-7-8-19-10-13)16-9-12-5-3-4-6-14(12)15(17)18-2/h3-6,11,13,16H,7-10H2,1-2H3. The monoisotopic (exact) mass is 263 g/mol. The average Bonchev–Trinajstić information content (AvgIpc) is 2.98. The minimum absolute atomic E-state index is 0.283. The second-order valence-electron chi connectivity index (χ2n) is 4.94. The van der Waals surface area contributed by atoms with Gasteiger partial charge >= 0.3 is 5.97 Å². The number of ether oxygens (including phenoxy) is 2. The lowest BCUT2D eigenvalue weighted by atomic mass is 10.00. The Hall–Kier alpha value is -1.39. The van der Waals surface area contributed by atoms with Crippen molar-refractivity contribution in [3.8, 4) is 0 Å². The summed E-state index contributed by atoms with van der Waals surface area (Å²) in [6.45, 7) is 4.52. The fraction of sp³-hybridized carbons (Fsp3) is 0.533. The molecule has 2 rings (SSSR count). The Bertz CT molecular complexity index is 427. The first-order chi connectivity index (χ1) is 9.22. The second kappa shape index (κ2) is 6.68. The minimum Gasteiger partial charge on any atom is -0.465 e. The molecule has 1 aliphatic rings. The number of carbonyl (C=O) groups excluding carboxylic acids is 1. The van der Waals surface area contributed by atoms with Gasteiger partial charge in [-0.15, -0.1) is 0 Å². The third kappa shape index (κ3) is 3.55. The van der Waals surface area contributed by atoms with Gasteiger partial charge in [0.2, 0.25) is 0 Å². The molecule has 1 aromatic rings. The summed E-state index contributed by atoms with van der Waals surface area (Å²) >= 11 is 0. The summed E-state index contributed by atoms with van der Waals surface area (Å²) in [6, 6.07) is 7.92. The molecule has 1 saturated heterocycles. The van der Waals surface area contributed by atoms with Gasteiger partial charge < -0.3 is 14.8 Å². The highest BCUT2D eigenvalue weighted by Crippen LogP contribution is 2.17. The molecule has 0 spiro atoms. The molecule has 2 atom stereocenters. The molecule has 0 saturated carbocycles. The van der Waals surface area contributed by atoms with Gasteiger partial charge in [-0.3, -0.25) is 0 Å². The highest BCUT2D eigenvalue weighted by molar-refractivity contribution is 5.90. The Balaban J connectivity index is 1.97. The molecule has 2 unspecified atom stereocenters. The van der Waals surface area contributed by atoms with Crippen molar-refractivity contribution in [3.05, 3.63) is 35.4 Å². The summed E-state index contributed by atoms with van der Waals surface area (Å²) in [5, 5.41) is 3.47. The number of methoxy groups -OCH3 is 1. The lowest BCUT2D eigenvalue weighted by Crippen LogP contribution is -2.33. The van der Waals surface area contributed by atoms with E-state index in [1.807, 2.05) is 18.2 Å². The summed E-state index contributed by atoms with van der Waals surface area (Å²) in [6.07, 6.45) is 1.10. The highest BCUT2D eigenvalue weighted by atomic mass is 16.5. The van der Waals surface area contributed by atoms with Gasteiger partial charge in [-0.2, -0.15) is 0 Å². The molecule has 4 heteroatoms. The third-order valence-corrected chi connectivity index (χ3v) is 3.71. The highest BCUT2D eigenvalue weighted by Gasteiger charge is 2.22. The normalized spacial score (nSPS) is 20.2. The van der Waals surface area contributed by atoms with Crippen LogP contribution in [0.2, 0.25) is 0 Å². The van der Waals surface area contributed by atoms with Gasteiger partial charge in [0, 0.05) is 19.2 Å². The van der Waals surface area contributed by atoms with Crippen molar-refractivity contribution >= 4 is 5.97 Å². The summed E-state index contributed by atoms with van der Waals surface area (Å²) in [4.78, 5) is 11.7. The van der Waals surface area contributed by atoms with E-state index in [-0.39, 0.29) is 5.97 Å². The molecule has 1 fully saturated rings. The molecule has 4 nitrogen and oxygen atoms in total. The van der Waals surface area contributed by atoms with Crippen LogP contribution in [-0.4, -0.2) is 32.3 Å². The van der Waals surface area contributed by atoms with Crippen LogP contribution in [0.15, 0.2) is 24.3 Å². The number of benzene rings is 1. The Morgan fingerprint density at radius 1 is 1.53 bits per heavy atom. The molecule has 1 aromatic carbocycles. The number of hydrogen-bond acceptors (Lipinski definition) is 4. The van der Waals surface area contributed by atoms with Gasteiger partial charge in [0.05, 0.1) is 19.3 Å². The average molecular weight is 263 g/mol. The molecule has 0 aliphatic carbocycles. The van der Waals surface area contributed by atoms with Crippen molar-refractivity contribution in [2.24, 2.45) is 5.92 Å². The first kappa shape index (κ1) is 14.0. The topological polar surface area (TPSA) is 47.6 Å². The predicted octanol–water partition coefficient (Wildman–Crippen LogP) is 1.99. The molecule has 19 heavy (non-hydrogen) atoms. The van der Waals surface area contributed by atoms with Crippen LogP contribution in [0.3, 0.4) is 0 Å². The summed E-state index contributed by atoms with van der Waals surface area (Å²) in [5.74, 6) is 0.277. The van der Waals surface area contributed by atoms with Gasteiger partial charge in [0.25, 0.3) is 0 Å². The molecule has 0 amide bonds. The Labute approximate surface area is 114 Å². The molecule has 0 bridgehead atoms. The Morgan fingerprint density at radius 2 is 2.32 bits per heavy atom. The summed E-state index contributed by atoms with van der Waals surface area (Å²) in [7, 11) is 1.41. The van der Waals surface area contributed by atoms with Crippen LogP contribution in [0.25, 0.3) is 0 Å². The van der Waals surface area contributed by atoms with Crippen LogP contribution in [0, 0.1) is 5.92 Å². The maximum Gasteiger partial charge on any atom is 0.338 e. The van der Waals surface area contributed by atoms with Crippen molar-refractivity contribution in [2.45, 2.75) is 25.9 Å². The number of carbonyl (C=O) groups is 1. The van der Waals surface area contributed by atoms with Crippen LogP contribution in [-0.2, 0) is 16.0 Å². The van der Waals surface area contributed by atoms with Crippen LogP contribution >= 0.6 is 0 Å². The van der Waals surface area contributed by atoms with Gasteiger partial charge in [-0.25, -0.2) is 4.79 Å². The maximum atomic E-state index is 11.7. The molecule has 104 valence electrons. The largest absolute Gasteiger partial charge is 0.465 e. The van der Waals surface area contributed by atoms with Crippen molar-refractivity contribution in [3.63, 3.8) is 0 Å². The first-order valence-electron chi connectivity index (χ1n) is 6.69. The van der Waals surface area contributed by atoms with Gasteiger partial charge in [0.15, 0.2) is 0 Å². The first-order valence-corrected chi connectivity index (χ1v) is 6.69. The Kier molecular flexibility index (Phi) is 4.93. The third-order valence-electron chi connectivity index (χ3n) is 3.71. The fourth-order valence-corrected chi connectivity index (χ4v) is 2.37. The van der Waals surface area contributed by atoms with Crippen LogP contribution in [0.4, 0.5) is 0 Å². The second-order valence-corrected chi connectivity index (χ2v) is 4.94. The summed E-state index contributed by atoms with van der Waals surface area (Å²) in [5.41, 5.74) is 1.60. The van der Waals surface area contributed by atoms with Crippen LogP contribution < -0.4 is 5.32 Å². The SMILES string of the molecule is COC(=O)c1ccccc1CNC(C)C1CCOC1. The number of hydrogen-bond donors (Lipinski definition) is 1. The molecule has 0 aromatic heterocycles. The number of nitrogens with one attached hydrogen (secondary N) is 1. The maximum absolute atomic E-state index is 11.7. The lowest BCUT2D eigenvalue weighted by molar-refractivity contribution is 0.0599. The Morgan fingerprint density at radius 3 is 3.00 bits per heavy atom. The van der Waals surface area contributed by atoms with Crippen molar-refractivity contribution in [1.82, 2.24) is 5.32 Å². The van der Waals surface area contributed by atoms with Crippen molar-refractivity contribution in [1.29, 1.82) is 0 Å². The number of rotatable bonds is 5. The molecule has 1 heterocycles. The zero-order valence-corrected chi connectivity index (χ0v) is 11.5. The molecular weight excluding hydrogens is 242 g/mol. The van der Waals surface area contributed by atoms with Crippen molar-refractivity contribution < 1.29 is 14.3 Å². The van der Waals surface area contributed by atoms with Gasteiger partial charge in [0.1, 0.15) is 0 Å². The van der Waals surface area contributed by atoms with E-state index in [9.17, 15) is 4.79 Å². The number of esters is 1.